The number of carbonyl (C=O) groups excluding carboxylic acids is 3. The Labute approximate surface area is 280 Å². The monoisotopic (exact) mass is 678 g/mol. The standard InChI is InChI=1S/C32H32Cl2N8O5/c1-3-47-31(44)26-7-5-4-6-25(39-29(43)13-8-19-14-21(33)9-12-28(19)42-18-36-40-41-42)24-15-20(17-35-30(24)34)23-11-10-22(16-27(23)38-26)37-32(45)46-2/h8-18,25-26,38H,3-7H2,1-2H3,(H,37,45)(H,39,43)/b13-8+/t25?,26-/m1/s1. The molecule has 2 aromatic carbocycles. The maximum atomic E-state index is 13.4. The summed E-state index contributed by atoms with van der Waals surface area (Å²) < 4.78 is 11.6. The molecule has 1 aliphatic rings. The van der Waals surface area contributed by atoms with Crippen molar-refractivity contribution < 1.29 is 23.9 Å². The third-order valence-electron chi connectivity index (χ3n) is 7.46. The van der Waals surface area contributed by atoms with Crippen LogP contribution in [0.4, 0.5) is 16.2 Å². The minimum atomic E-state index is -0.663. The molecule has 0 saturated heterocycles. The molecule has 2 atom stereocenters. The van der Waals surface area contributed by atoms with E-state index in [1.807, 2.05) is 6.07 Å². The van der Waals surface area contributed by atoms with Gasteiger partial charge in [0.25, 0.3) is 0 Å². The minimum Gasteiger partial charge on any atom is -0.464 e. The van der Waals surface area contributed by atoms with Crippen LogP contribution < -0.4 is 16.0 Å². The molecular formula is C32H32Cl2N8O5. The molecule has 13 nitrogen and oxygen atoms in total. The lowest BCUT2D eigenvalue weighted by atomic mass is 9.95. The van der Waals surface area contributed by atoms with Crippen LogP contribution in [0.5, 0.6) is 0 Å². The topological polar surface area (TPSA) is 162 Å². The maximum absolute atomic E-state index is 13.4. The number of fused-ring (bicyclic) bond motifs is 4. The van der Waals surface area contributed by atoms with Gasteiger partial charge in [0.15, 0.2) is 0 Å². The zero-order chi connectivity index (χ0) is 33.3. The molecule has 0 saturated carbocycles. The number of halogens is 2. The second-order valence-corrected chi connectivity index (χ2v) is 11.4. The molecule has 4 aromatic rings. The van der Waals surface area contributed by atoms with Gasteiger partial charge in [-0.1, -0.05) is 42.1 Å². The number of methoxy groups -OCH3 is 1. The predicted octanol–water partition coefficient (Wildman–Crippen LogP) is 6.00. The fourth-order valence-electron chi connectivity index (χ4n) is 5.23. The van der Waals surface area contributed by atoms with Gasteiger partial charge >= 0.3 is 12.1 Å². The van der Waals surface area contributed by atoms with Gasteiger partial charge in [-0.3, -0.25) is 10.1 Å². The van der Waals surface area contributed by atoms with Gasteiger partial charge in [0.05, 0.1) is 25.4 Å². The van der Waals surface area contributed by atoms with Crippen molar-refractivity contribution in [3.63, 3.8) is 0 Å². The quantitative estimate of drug-likeness (QED) is 0.120. The number of aromatic nitrogens is 5. The average Bonchev–Trinajstić information content (AvgIpc) is 3.59. The Morgan fingerprint density at radius 1 is 1.11 bits per heavy atom. The van der Waals surface area contributed by atoms with E-state index in [4.69, 9.17) is 32.7 Å². The molecule has 2 bridgehead atoms. The number of nitrogens with zero attached hydrogens (tertiary/aromatic N) is 5. The summed E-state index contributed by atoms with van der Waals surface area (Å²) >= 11 is 12.9. The number of amides is 2. The van der Waals surface area contributed by atoms with Crippen molar-refractivity contribution in [3.05, 3.63) is 82.4 Å². The van der Waals surface area contributed by atoms with Gasteiger partial charge in [-0.2, -0.15) is 4.68 Å². The summed E-state index contributed by atoms with van der Waals surface area (Å²) in [6, 6.07) is 11.1. The molecule has 15 heteroatoms. The average molecular weight is 680 g/mol. The number of hydrogen-bond donors (Lipinski definition) is 3. The first-order valence-corrected chi connectivity index (χ1v) is 15.6. The van der Waals surface area contributed by atoms with Crippen LogP contribution in [0.3, 0.4) is 0 Å². The minimum absolute atomic E-state index is 0.228. The van der Waals surface area contributed by atoms with E-state index in [0.717, 1.165) is 0 Å². The summed E-state index contributed by atoms with van der Waals surface area (Å²) in [7, 11) is 1.27. The first-order valence-electron chi connectivity index (χ1n) is 14.8. The van der Waals surface area contributed by atoms with E-state index < -0.39 is 24.1 Å². The lowest BCUT2D eigenvalue weighted by Gasteiger charge is -2.25. The Hall–Kier alpha value is -5.01. The van der Waals surface area contributed by atoms with Gasteiger partial charge in [-0.15, -0.1) is 5.10 Å². The molecule has 3 N–H and O–H groups in total. The number of carbonyl (C=O) groups is 3. The Morgan fingerprint density at radius 2 is 1.94 bits per heavy atom. The number of tetrazole rings is 1. The number of ether oxygens (including phenoxy) is 2. The van der Waals surface area contributed by atoms with E-state index in [1.165, 1.54) is 24.2 Å². The van der Waals surface area contributed by atoms with E-state index in [1.54, 1.807) is 55.6 Å². The fraction of sp³-hybridized carbons (Fsp3) is 0.281. The predicted molar refractivity (Wildman–Crippen MR) is 177 cm³/mol. The molecule has 3 heterocycles. The van der Waals surface area contributed by atoms with Crippen LogP contribution >= 0.6 is 23.2 Å². The van der Waals surface area contributed by atoms with Crippen LogP contribution in [0.2, 0.25) is 10.2 Å². The summed E-state index contributed by atoms with van der Waals surface area (Å²) in [4.78, 5) is 42.7. The number of pyridine rings is 1. The zero-order valence-electron chi connectivity index (χ0n) is 25.6. The van der Waals surface area contributed by atoms with Crippen molar-refractivity contribution in [2.24, 2.45) is 0 Å². The highest BCUT2D eigenvalue weighted by atomic mass is 35.5. The highest BCUT2D eigenvalue weighted by Gasteiger charge is 2.25. The summed E-state index contributed by atoms with van der Waals surface area (Å²) in [6.45, 7) is 1.98. The van der Waals surface area contributed by atoms with Gasteiger partial charge < -0.3 is 20.1 Å². The number of nitrogens with one attached hydrogen (secondary N) is 3. The van der Waals surface area contributed by atoms with Crippen molar-refractivity contribution in [2.45, 2.75) is 44.7 Å². The number of benzene rings is 2. The molecule has 0 aliphatic carbocycles. The van der Waals surface area contributed by atoms with Crippen LogP contribution in [0.1, 0.15) is 49.8 Å². The summed E-state index contributed by atoms with van der Waals surface area (Å²) in [5, 5.41) is 21.1. The van der Waals surface area contributed by atoms with Crippen molar-refractivity contribution >= 4 is 58.6 Å². The molecule has 2 amide bonds. The van der Waals surface area contributed by atoms with Crippen molar-refractivity contribution in [1.29, 1.82) is 0 Å². The molecule has 1 aliphatic heterocycles. The van der Waals surface area contributed by atoms with Crippen molar-refractivity contribution in [3.8, 4) is 16.8 Å². The third kappa shape index (κ3) is 8.43. The third-order valence-corrected chi connectivity index (χ3v) is 8.01. The Balaban J connectivity index is 1.48. The normalized spacial score (nSPS) is 16.2. The van der Waals surface area contributed by atoms with Crippen LogP contribution in [0.25, 0.3) is 22.9 Å². The van der Waals surface area contributed by atoms with E-state index >= 15 is 0 Å². The SMILES string of the molecule is CCOC(=O)[C@H]1CCCCC(NC(=O)/C=C/c2cc(Cl)ccc2-n2cnnn2)c2cc(cnc2Cl)-c2ccc(NC(=O)OC)cc2N1. The smallest absolute Gasteiger partial charge is 0.411 e. The number of esters is 1. The van der Waals surface area contributed by atoms with Crippen LogP contribution in [-0.4, -0.2) is 62.9 Å². The number of anilines is 2. The Kier molecular flexibility index (Phi) is 11.0. The molecule has 2 aromatic heterocycles. The summed E-state index contributed by atoms with van der Waals surface area (Å²) in [5.41, 5.74) is 4.31. The molecule has 0 spiro atoms. The van der Waals surface area contributed by atoms with E-state index in [2.05, 4.69) is 36.5 Å². The van der Waals surface area contributed by atoms with Gasteiger partial charge in [0.2, 0.25) is 5.91 Å². The molecule has 47 heavy (non-hydrogen) atoms. The maximum Gasteiger partial charge on any atom is 0.411 e. The van der Waals surface area contributed by atoms with E-state index in [-0.39, 0.29) is 17.7 Å². The van der Waals surface area contributed by atoms with Gasteiger partial charge in [0, 0.05) is 50.9 Å². The second-order valence-electron chi connectivity index (χ2n) is 10.6. The molecule has 5 rings (SSSR count). The van der Waals surface area contributed by atoms with Gasteiger partial charge in [-0.25, -0.2) is 14.6 Å². The molecule has 0 fully saturated rings. The van der Waals surface area contributed by atoms with E-state index in [9.17, 15) is 14.4 Å². The van der Waals surface area contributed by atoms with Gasteiger partial charge in [0.1, 0.15) is 17.5 Å². The first-order chi connectivity index (χ1) is 22.7. The lowest BCUT2D eigenvalue weighted by Crippen LogP contribution is -2.32. The van der Waals surface area contributed by atoms with Gasteiger partial charge in [-0.05, 0) is 72.7 Å². The van der Waals surface area contributed by atoms with E-state index in [0.29, 0.717) is 70.0 Å². The molecule has 244 valence electrons. The zero-order valence-corrected chi connectivity index (χ0v) is 27.1. The summed E-state index contributed by atoms with van der Waals surface area (Å²) in [6.07, 6.45) is 7.75. The Bertz CT molecular complexity index is 1780. The van der Waals surface area contributed by atoms with Crippen molar-refractivity contribution in [2.75, 3.05) is 24.4 Å². The number of rotatable bonds is 7. The fourth-order valence-corrected chi connectivity index (χ4v) is 5.64. The lowest BCUT2D eigenvalue weighted by molar-refractivity contribution is -0.144. The number of hydrogen-bond acceptors (Lipinski definition) is 10. The van der Waals surface area contributed by atoms with Crippen LogP contribution in [-0.2, 0) is 19.1 Å². The largest absolute Gasteiger partial charge is 0.464 e. The van der Waals surface area contributed by atoms with Crippen LogP contribution in [0, 0.1) is 0 Å². The Morgan fingerprint density at radius 3 is 2.70 bits per heavy atom. The first kappa shape index (κ1) is 33.4. The second kappa shape index (κ2) is 15.5. The highest BCUT2D eigenvalue weighted by molar-refractivity contribution is 6.31. The van der Waals surface area contributed by atoms with Crippen molar-refractivity contribution in [1.82, 2.24) is 30.5 Å². The molecule has 0 radical (unpaired) electrons. The summed E-state index contributed by atoms with van der Waals surface area (Å²) in [5.74, 6) is -0.759. The molecular weight excluding hydrogens is 647 g/mol. The highest BCUT2D eigenvalue weighted by Crippen LogP contribution is 2.36. The molecule has 1 unspecified atom stereocenters. The van der Waals surface area contributed by atoms with Crippen LogP contribution in [0.15, 0.2) is 61.1 Å².